The lowest BCUT2D eigenvalue weighted by molar-refractivity contribution is 0.281. The molecule has 1 atom stereocenters. The van der Waals surface area contributed by atoms with Gasteiger partial charge in [-0.15, -0.1) is 0 Å². The van der Waals surface area contributed by atoms with Crippen LogP contribution in [0, 0.1) is 5.92 Å². The van der Waals surface area contributed by atoms with Crippen molar-refractivity contribution < 1.29 is 5.11 Å². The van der Waals surface area contributed by atoms with E-state index in [0.29, 0.717) is 6.04 Å². The molecule has 0 aliphatic rings. The molecule has 0 spiro atoms. The van der Waals surface area contributed by atoms with Crippen molar-refractivity contribution in [2.75, 3.05) is 0 Å². The molecule has 1 unspecified atom stereocenters. The van der Waals surface area contributed by atoms with Gasteiger partial charge in [-0.25, -0.2) is 0 Å². The maximum absolute atomic E-state index is 9.06. The Kier molecular flexibility index (Phi) is 6.23. The van der Waals surface area contributed by atoms with Crippen LogP contribution in [0.3, 0.4) is 0 Å². The Morgan fingerprint density at radius 2 is 1.82 bits per heavy atom. The summed E-state index contributed by atoms with van der Waals surface area (Å²) in [5.74, 6) is 0.775. The third kappa shape index (κ3) is 5.85. The summed E-state index contributed by atoms with van der Waals surface area (Å²) in [5, 5.41) is 12.6. The average molecular weight is 235 g/mol. The maximum Gasteiger partial charge on any atom is 0.0681 e. The molecule has 0 amide bonds. The molecule has 1 rings (SSSR count). The van der Waals surface area contributed by atoms with Crippen LogP contribution in [0.4, 0.5) is 0 Å². The fraction of sp³-hybridized carbons (Fsp3) is 0.600. The molecule has 0 bridgehead atoms. The van der Waals surface area contributed by atoms with E-state index in [0.717, 1.165) is 18.0 Å². The van der Waals surface area contributed by atoms with Crippen molar-refractivity contribution in [1.82, 2.24) is 5.32 Å². The highest BCUT2D eigenvalue weighted by Crippen LogP contribution is 2.08. The van der Waals surface area contributed by atoms with Crippen LogP contribution in [0.5, 0.6) is 0 Å². The van der Waals surface area contributed by atoms with Gasteiger partial charge in [0.15, 0.2) is 0 Å². The van der Waals surface area contributed by atoms with Crippen molar-refractivity contribution in [2.45, 2.75) is 52.8 Å². The normalized spacial score (nSPS) is 13.0. The SMILES string of the molecule is CC(C)CCC(C)NCc1cccc(CO)c1. The number of hydrogen-bond donors (Lipinski definition) is 2. The van der Waals surface area contributed by atoms with E-state index in [1.807, 2.05) is 12.1 Å². The zero-order valence-electron chi connectivity index (χ0n) is 11.2. The minimum absolute atomic E-state index is 0.122. The molecule has 17 heavy (non-hydrogen) atoms. The van der Waals surface area contributed by atoms with Gasteiger partial charge in [0, 0.05) is 12.6 Å². The fourth-order valence-corrected chi connectivity index (χ4v) is 1.82. The fourth-order valence-electron chi connectivity index (χ4n) is 1.82. The summed E-state index contributed by atoms with van der Waals surface area (Å²) >= 11 is 0. The summed E-state index contributed by atoms with van der Waals surface area (Å²) in [4.78, 5) is 0. The van der Waals surface area contributed by atoms with E-state index in [1.54, 1.807) is 0 Å². The highest BCUT2D eigenvalue weighted by molar-refractivity contribution is 5.22. The first-order chi connectivity index (χ1) is 8.11. The van der Waals surface area contributed by atoms with Crippen LogP contribution in [0.25, 0.3) is 0 Å². The summed E-state index contributed by atoms with van der Waals surface area (Å²) in [7, 11) is 0. The number of aliphatic hydroxyl groups excluding tert-OH is 1. The predicted molar refractivity (Wildman–Crippen MR) is 72.7 cm³/mol. The molecule has 0 aliphatic carbocycles. The summed E-state index contributed by atoms with van der Waals surface area (Å²) < 4.78 is 0. The van der Waals surface area contributed by atoms with Crippen molar-refractivity contribution >= 4 is 0 Å². The van der Waals surface area contributed by atoms with Crippen LogP contribution < -0.4 is 5.32 Å². The molecule has 0 saturated heterocycles. The predicted octanol–water partition coefficient (Wildman–Crippen LogP) is 3.09. The molecule has 0 fully saturated rings. The molecule has 2 N–H and O–H groups in total. The van der Waals surface area contributed by atoms with E-state index in [1.165, 1.54) is 18.4 Å². The Balaban J connectivity index is 2.33. The highest BCUT2D eigenvalue weighted by Gasteiger charge is 2.03. The van der Waals surface area contributed by atoms with E-state index in [9.17, 15) is 0 Å². The number of nitrogens with one attached hydrogen (secondary N) is 1. The monoisotopic (exact) mass is 235 g/mol. The van der Waals surface area contributed by atoms with Crippen molar-refractivity contribution in [2.24, 2.45) is 5.92 Å². The van der Waals surface area contributed by atoms with Gasteiger partial charge in [-0.2, -0.15) is 0 Å². The van der Waals surface area contributed by atoms with E-state index in [4.69, 9.17) is 5.11 Å². The number of benzene rings is 1. The molecule has 1 aromatic rings. The number of aliphatic hydroxyl groups is 1. The summed E-state index contributed by atoms with van der Waals surface area (Å²) in [6.45, 7) is 7.76. The largest absolute Gasteiger partial charge is 0.392 e. The average Bonchev–Trinajstić information content (AvgIpc) is 2.34. The lowest BCUT2D eigenvalue weighted by Crippen LogP contribution is -2.25. The van der Waals surface area contributed by atoms with Gasteiger partial charge in [-0.05, 0) is 36.8 Å². The molecule has 0 aliphatic heterocycles. The topological polar surface area (TPSA) is 32.3 Å². The molecule has 0 heterocycles. The van der Waals surface area contributed by atoms with Crippen LogP contribution in [-0.2, 0) is 13.2 Å². The van der Waals surface area contributed by atoms with Crippen LogP contribution in [0.1, 0.15) is 44.7 Å². The van der Waals surface area contributed by atoms with Gasteiger partial charge in [0.25, 0.3) is 0 Å². The first kappa shape index (κ1) is 14.2. The molecule has 2 heteroatoms. The van der Waals surface area contributed by atoms with Gasteiger partial charge in [-0.1, -0.05) is 38.1 Å². The highest BCUT2D eigenvalue weighted by atomic mass is 16.3. The number of hydrogen-bond acceptors (Lipinski definition) is 2. The maximum atomic E-state index is 9.06. The Labute approximate surface area is 105 Å². The van der Waals surface area contributed by atoms with Gasteiger partial charge in [0.2, 0.25) is 0 Å². The minimum atomic E-state index is 0.122. The van der Waals surface area contributed by atoms with Crippen molar-refractivity contribution in [3.63, 3.8) is 0 Å². The molecule has 0 aromatic heterocycles. The van der Waals surface area contributed by atoms with Crippen molar-refractivity contribution in [1.29, 1.82) is 0 Å². The molecular formula is C15H25NO. The van der Waals surface area contributed by atoms with E-state index >= 15 is 0 Å². The Morgan fingerprint density at radius 1 is 1.12 bits per heavy atom. The molecule has 0 radical (unpaired) electrons. The van der Waals surface area contributed by atoms with Gasteiger partial charge < -0.3 is 10.4 Å². The summed E-state index contributed by atoms with van der Waals surface area (Å²) in [6.07, 6.45) is 2.49. The third-order valence-electron chi connectivity index (χ3n) is 3.01. The standard InChI is InChI=1S/C15H25NO/c1-12(2)7-8-13(3)16-10-14-5-4-6-15(9-14)11-17/h4-6,9,12-13,16-17H,7-8,10-11H2,1-3H3. The lowest BCUT2D eigenvalue weighted by Gasteiger charge is -2.15. The van der Waals surface area contributed by atoms with E-state index in [-0.39, 0.29) is 6.61 Å². The second-order valence-electron chi connectivity index (χ2n) is 5.23. The van der Waals surface area contributed by atoms with Crippen LogP contribution >= 0.6 is 0 Å². The molecule has 96 valence electrons. The minimum Gasteiger partial charge on any atom is -0.392 e. The van der Waals surface area contributed by atoms with Crippen LogP contribution in [-0.4, -0.2) is 11.1 Å². The molecular weight excluding hydrogens is 210 g/mol. The van der Waals surface area contributed by atoms with Gasteiger partial charge in [-0.3, -0.25) is 0 Å². The van der Waals surface area contributed by atoms with E-state index < -0.39 is 0 Å². The van der Waals surface area contributed by atoms with Gasteiger partial charge in [0.1, 0.15) is 0 Å². The third-order valence-corrected chi connectivity index (χ3v) is 3.01. The quantitative estimate of drug-likeness (QED) is 0.761. The van der Waals surface area contributed by atoms with Crippen LogP contribution in [0.15, 0.2) is 24.3 Å². The van der Waals surface area contributed by atoms with Crippen LogP contribution in [0.2, 0.25) is 0 Å². The molecule has 1 aromatic carbocycles. The first-order valence-electron chi connectivity index (χ1n) is 6.54. The smallest absolute Gasteiger partial charge is 0.0681 e. The molecule has 2 nitrogen and oxygen atoms in total. The van der Waals surface area contributed by atoms with Gasteiger partial charge >= 0.3 is 0 Å². The molecule has 0 saturated carbocycles. The lowest BCUT2D eigenvalue weighted by atomic mass is 10.0. The van der Waals surface area contributed by atoms with Crippen molar-refractivity contribution in [3.8, 4) is 0 Å². The second-order valence-corrected chi connectivity index (χ2v) is 5.23. The second kappa shape index (κ2) is 7.46. The summed E-state index contributed by atoms with van der Waals surface area (Å²) in [6, 6.07) is 8.66. The summed E-state index contributed by atoms with van der Waals surface area (Å²) in [5.41, 5.74) is 2.23. The Morgan fingerprint density at radius 3 is 2.47 bits per heavy atom. The zero-order valence-corrected chi connectivity index (χ0v) is 11.2. The number of rotatable bonds is 7. The first-order valence-corrected chi connectivity index (χ1v) is 6.54. The Hall–Kier alpha value is -0.860. The Bertz CT molecular complexity index is 322. The van der Waals surface area contributed by atoms with Crippen molar-refractivity contribution in [3.05, 3.63) is 35.4 Å². The zero-order chi connectivity index (χ0) is 12.7. The van der Waals surface area contributed by atoms with Gasteiger partial charge in [0.05, 0.1) is 6.61 Å². The van der Waals surface area contributed by atoms with E-state index in [2.05, 4.69) is 38.2 Å².